The largest absolute Gasteiger partial charge is 0.348 e. The summed E-state index contributed by atoms with van der Waals surface area (Å²) >= 11 is 0. The maximum atomic E-state index is 12.3. The molecule has 0 aliphatic rings. The van der Waals surface area contributed by atoms with Gasteiger partial charge in [-0.25, -0.2) is 18.1 Å². The summed E-state index contributed by atoms with van der Waals surface area (Å²) in [5, 5.41) is 3.10. The highest BCUT2D eigenvalue weighted by molar-refractivity contribution is 7.89. The number of aromatic nitrogens is 2. The summed E-state index contributed by atoms with van der Waals surface area (Å²) in [6, 6.07) is 7.06. The second kappa shape index (κ2) is 6.84. The second-order valence-electron chi connectivity index (χ2n) is 4.81. The summed E-state index contributed by atoms with van der Waals surface area (Å²) in [5.74, 6) is 0. The third-order valence-corrected chi connectivity index (χ3v) is 4.80. The minimum absolute atomic E-state index is 0.102. The number of H-pyrrole nitrogens is 1. The van der Waals surface area contributed by atoms with Crippen LogP contribution in [-0.2, 0) is 16.4 Å². The Bertz CT molecular complexity index is 668. The van der Waals surface area contributed by atoms with E-state index >= 15 is 0 Å². The van der Waals surface area contributed by atoms with Gasteiger partial charge in [0.1, 0.15) is 0 Å². The van der Waals surface area contributed by atoms with Gasteiger partial charge in [0.2, 0.25) is 10.0 Å². The molecule has 3 N–H and O–H groups in total. The van der Waals surface area contributed by atoms with Gasteiger partial charge in [0.15, 0.2) is 0 Å². The van der Waals surface area contributed by atoms with Crippen LogP contribution in [0.1, 0.15) is 24.2 Å². The quantitative estimate of drug-likeness (QED) is 0.717. The maximum Gasteiger partial charge on any atom is 0.240 e. The fourth-order valence-electron chi connectivity index (χ4n) is 1.94. The topological polar surface area (TPSA) is 86.9 Å². The van der Waals surface area contributed by atoms with E-state index < -0.39 is 10.0 Å². The zero-order valence-electron chi connectivity index (χ0n) is 12.1. The number of nitrogens with zero attached hydrogens (tertiary/aromatic N) is 1. The van der Waals surface area contributed by atoms with Crippen molar-refractivity contribution in [2.45, 2.75) is 24.3 Å². The van der Waals surface area contributed by atoms with E-state index in [0.29, 0.717) is 13.0 Å². The Balaban J connectivity index is 2.05. The van der Waals surface area contributed by atoms with Crippen molar-refractivity contribution >= 4 is 10.0 Å². The molecule has 1 aromatic heterocycles. The summed E-state index contributed by atoms with van der Waals surface area (Å²) < 4.78 is 27.1. The van der Waals surface area contributed by atoms with E-state index in [1.807, 2.05) is 20.0 Å². The predicted molar refractivity (Wildman–Crippen MR) is 81.4 cm³/mol. The van der Waals surface area contributed by atoms with Crippen LogP contribution in [0.2, 0.25) is 0 Å². The molecule has 0 spiro atoms. The van der Waals surface area contributed by atoms with E-state index in [9.17, 15) is 8.42 Å². The smallest absolute Gasteiger partial charge is 0.240 e. The third kappa shape index (κ3) is 4.13. The lowest BCUT2D eigenvalue weighted by molar-refractivity contribution is 0.580. The molecule has 2 aromatic rings. The van der Waals surface area contributed by atoms with Crippen molar-refractivity contribution in [3.63, 3.8) is 0 Å². The molecule has 6 nitrogen and oxygen atoms in total. The Morgan fingerprint density at radius 1 is 1.38 bits per heavy atom. The van der Waals surface area contributed by atoms with Crippen molar-refractivity contribution in [2.24, 2.45) is 0 Å². The molecule has 114 valence electrons. The number of imidazole rings is 1. The van der Waals surface area contributed by atoms with Gasteiger partial charge in [-0.1, -0.05) is 12.1 Å². The fraction of sp³-hybridized carbons (Fsp3) is 0.357. The first-order valence-electron chi connectivity index (χ1n) is 6.77. The van der Waals surface area contributed by atoms with E-state index in [-0.39, 0.29) is 10.9 Å². The lowest BCUT2D eigenvalue weighted by Crippen LogP contribution is -2.26. The van der Waals surface area contributed by atoms with Gasteiger partial charge in [-0.15, -0.1) is 0 Å². The molecule has 1 heterocycles. The molecule has 0 radical (unpaired) electrons. The molecule has 7 heteroatoms. The zero-order chi connectivity index (χ0) is 15.3. The molecule has 21 heavy (non-hydrogen) atoms. The summed E-state index contributed by atoms with van der Waals surface area (Å²) in [4.78, 5) is 7.12. The van der Waals surface area contributed by atoms with Crippen molar-refractivity contribution in [3.8, 4) is 0 Å². The number of aromatic amines is 1. The van der Waals surface area contributed by atoms with Gasteiger partial charge in [0, 0.05) is 30.9 Å². The number of sulfonamides is 1. The molecule has 2 rings (SSSR count). The van der Waals surface area contributed by atoms with Crippen LogP contribution in [0.15, 0.2) is 41.7 Å². The highest BCUT2D eigenvalue weighted by Crippen LogP contribution is 2.17. The van der Waals surface area contributed by atoms with Gasteiger partial charge in [-0.3, -0.25) is 0 Å². The van der Waals surface area contributed by atoms with Crippen LogP contribution in [0.5, 0.6) is 0 Å². The van der Waals surface area contributed by atoms with E-state index in [4.69, 9.17) is 0 Å². The highest BCUT2D eigenvalue weighted by Gasteiger charge is 2.15. The van der Waals surface area contributed by atoms with Crippen molar-refractivity contribution in [1.82, 2.24) is 20.0 Å². The normalized spacial score (nSPS) is 13.2. The van der Waals surface area contributed by atoms with Gasteiger partial charge >= 0.3 is 0 Å². The first kappa shape index (κ1) is 15.7. The lowest BCUT2D eigenvalue weighted by atomic mass is 10.1. The van der Waals surface area contributed by atoms with Gasteiger partial charge in [0.05, 0.1) is 11.2 Å². The molecular formula is C14H20N4O2S. The second-order valence-corrected chi connectivity index (χ2v) is 6.57. The number of nitrogens with one attached hydrogen (secondary N) is 3. The molecule has 0 aliphatic carbocycles. The SMILES string of the molecule is CNC(C)c1cccc(S(=O)(=O)NCCc2cnc[nH]2)c1. The van der Waals surface area contributed by atoms with E-state index in [2.05, 4.69) is 20.0 Å². The maximum absolute atomic E-state index is 12.3. The van der Waals surface area contributed by atoms with Crippen LogP contribution in [0.4, 0.5) is 0 Å². The third-order valence-electron chi connectivity index (χ3n) is 3.34. The zero-order valence-corrected chi connectivity index (χ0v) is 12.9. The summed E-state index contributed by atoms with van der Waals surface area (Å²) in [5.41, 5.74) is 1.84. The first-order chi connectivity index (χ1) is 10.0. The Labute approximate surface area is 125 Å². The summed E-state index contributed by atoms with van der Waals surface area (Å²) in [6.45, 7) is 2.31. The van der Waals surface area contributed by atoms with E-state index in [0.717, 1.165) is 11.3 Å². The standard InChI is InChI=1S/C14H20N4O2S/c1-11(15-2)12-4-3-5-14(8-12)21(19,20)18-7-6-13-9-16-10-17-13/h3-5,8-11,15,18H,6-7H2,1-2H3,(H,16,17). The number of benzene rings is 1. The number of rotatable bonds is 7. The molecule has 0 amide bonds. The van der Waals surface area contributed by atoms with Gasteiger partial charge < -0.3 is 10.3 Å². The molecule has 0 fully saturated rings. The lowest BCUT2D eigenvalue weighted by Gasteiger charge is -2.12. The Hall–Kier alpha value is -1.70. The summed E-state index contributed by atoms with van der Waals surface area (Å²) in [7, 11) is -1.65. The van der Waals surface area contributed by atoms with Crippen LogP contribution in [0, 0.1) is 0 Å². The Morgan fingerprint density at radius 3 is 2.86 bits per heavy atom. The molecule has 1 unspecified atom stereocenters. The molecule has 1 aromatic carbocycles. The Kier molecular flexibility index (Phi) is 5.11. The van der Waals surface area contributed by atoms with Crippen LogP contribution >= 0.6 is 0 Å². The highest BCUT2D eigenvalue weighted by atomic mass is 32.2. The summed E-state index contributed by atoms with van der Waals surface area (Å²) in [6.07, 6.45) is 3.84. The molecular weight excluding hydrogens is 288 g/mol. The van der Waals surface area contributed by atoms with Gasteiger partial charge in [0.25, 0.3) is 0 Å². The number of hydrogen-bond acceptors (Lipinski definition) is 4. The minimum atomic E-state index is -3.49. The van der Waals surface area contributed by atoms with Crippen molar-refractivity contribution in [1.29, 1.82) is 0 Å². The van der Waals surface area contributed by atoms with Crippen LogP contribution in [-0.4, -0.2) is 32.0 Å². The van der Waals surface area contributed by atoms with Crippen LogP contribution in [0.25, 0.3) is 0 Å². The van der Waals surface area contributed by atoms with Crippen LogP contribution in [0.3, 0.4) is 0 Å². The molecule has 0 bridgehead atoms. The van der Waals surface area contributed by atoms with Gasteiger partial charge in [-0.2, -0.15) is 0 Å². The molecule has 0 saturated heterocycles. The number of hydrogen-bond donors (Lipinski definition) is 3. The van der Waals surface area contributed by atoms with Gasteiger partial charge in [-0.05, 0) is 31.7 Å². The Morgan fingerprint density at radius 2 is 2.19 bits per heavy atom. The average molecular weight is 308 g/mol. The van der Waals surface area contributed by atoms with Crippen molar-refractivity contribution in [2.75, 3.05) is 13.6 Å². The minimum Gasteiger partial charge on any atom is -0.348 e. The predicted octanol–water partition coefficient (Wildman–Crippen LogP) is 1.21. The average Bonchev–Trinajstić information content (AvgIpc) is 2.99. The fourth-order valence-corrected chi connectivity index (χ4v) is 3.03. The van der Waals surface area contributed by atoms with E-state index in [1.165, 1.54) is 0 Å². The monoisotopic (exact) mass is 308 g/mol. The van der Waals surface area contributed by atoms with Crippen LogP contribution < -0.4 is 10.0 Å². The van der Waals surface area contributed by atoms with Crippen molar-refractivity contribution < 1.29 is 8.42 Å². The molecule has 1 atom stereocenters. The molecule has 0 saturated carbocycles. The van der Waals surface area contributed by atoms with Crippen molar-refractivity contribution in [3.05, 3.63) is 48.0 Å². The molecule has 0 aliphatic heterocycles. The first-order valence-corrected chi connectivity index (χ1v) is 8.25. The van der Waals surface area contributed by atoms with E-state index in [1.54, 1.807) is 30.7 Å².